The molecule has 1 aliphatic heterocycles. The number of fused-ring (bicyclic) bond motifs is 1. The van der Waals surface area contributed by atoms with E-state index in [9.17, 15) is 19.7 Å². The summed E-state index contributed by atoms with van der Waals surface area (Å²) in [5, 5.41) is 13.3. The number of hydrogen-bond acceptors (Lipinski definition) is 7. The van der Waals surface area contributed by atoms with Crippen LogP contribution in [0.4, 0.5) is 11.4 Å². The summed E-state index contributed by atoms with van der Waals surface area (Å²) in [6, 6.07) is 9.27. The summed E-state index contributed by atoms with van der Waals surface area (Å²) in [5.41, 5.74) is 1.48. The number of aryl methyl sites for hydroxylation is 1. The van der Waals surface area contributed by atoms with Crippen LogP contribution in [0.1, 0.15) is 11.1 Å². The van der Waals surface area contributed by atoms with Crippen LogP contribution in [0.3, 0.4) is 0 Å². The number of nitro benzene ring substituents is 1. The van der Waals surface area contributed by atoms with Crippen molar-refractivity contribution in [1.82, 2.24) is 0 Å². The minimum absolute atomic E-state index is 0.0280. The molecule has 0 saturated carbocycles. The number of nitrogens with one attached hydrogen (secondary N) is 1. The molecular formula is C19H18N2O7. The molecule has 0 fully saturated rings. The third-order valence-corrected chi connectivity index (χ3v) is 4.03. The summed E-state index contributed by atoms with van der Waals surface area (Å²) in [6.07, 6.45) is -0.0280. The molecule has 0 spiro atoms. The second-order valence-corrected chi connectivity index (χ2v) is 6.12. The fraction of sp³-hybridized carbons (Fsp3) is 0.263. The van der Waals surface area contributed by atoms with Crippen LogP contribution in [0.25, 0.3) is 0 Å². The van der Waals surface area contributed by atoms with Gasteiger partial charge in [-0.1, -0.05) is 12.1 Å². The summed E-state index contributed by atoms with van der Waals surface area (Å²) in [5.74, 6) is 0.0206. The summed E-state index contributed by atoms with van der Waals surface area (Å²) in [6.45, 7) is 2.13. The first-order valence-electron chi connectivity index (χ1n) is 8.51. The van der Waals surface area contributed by atoms with E-state index in [1.807, 2.05) is 0 Å². The monoisotopic (exact) mass is 386 g/mol. The molecule has 0 radical (unpaired) electrons. The van der Waals surface area contributed by atoms with Crippen LogP contribution in [-0.4, -0.2) is 36.6 Å². The Morgan fingerprint density at radius 2 is 1.89 bits per heavy atom. The van der Waals surface area contributed by atoms with Gasteiger partial charge in [-0.05, 0) is 30.2 Å². The average Bonchev–Trinajstić information content (AvgIpc) is 2.68. The van der Waals surface area contributed by atoms with Crippen molar-refractivity contribution in [3.63, 3.8) is 0 Å². The molecule has 0 bridgehead atoms. The second kappa shape index (κ2) is 8.38. The molecule has 0 aromatic heterocycles. The Bertz CT molecular complexity index is 926. The molecule has 3 rings (SSSR count). The van der Waals surface area contributed by atoms with Crippen LogP contribution in [0.2, 0.25) is 0 Å². The van der Waals surface area contributed by atoms with Crippen LogP contribution in [0, 0.1) is 17.0 Å². The van der Waals surface area contributed by atoms with Gasteiger partial charge in [0, 0.05) is 12.1 Å². The molecule has 1 aliphatic rings. The molecule has 1 heterocycles. The van der Waals surface area contributed by atoms with Gasteiger partial charge in [-0.3, -0.25) is 19.7 Å². The van der Waals surface area contributed by atoms with E-state index in [1.165, 1.54) is 18.2 Å². The van der Waals surface area contributed by atoms with E-state index in [0.717, 1.165) is 0 Å². The number of rotatable bonds is 6. The van der Waals surface area contributed by atoms with Gasteiger partial charge in [-0.25, -0.2) is 0 Å². The molecule has 9 nitrogen and oxygen atoms in total. The molecule has 1 N–H and O–H groups in total. The van der Waals surface area contributed by atoms with Crippen molar-refractivity contribution >= 4 is 23.3 Å². The van der Waals surface area contributed by atoms with Crippen molar-refractivity contribution in [3.8, 4) is 11.5 Å². The van der Waals surface area contributed by atoms with Crippen LogP contribution < -0.4 is 14.8 Å². The fourth-order valence-electron chi connectivity index (χ4n) is 2.61. The number of nitrogens with zero attached hydrogens (tertiary/aromatic N) is 1. The Labute approximate surface area is 160 Å². The molecule has 2 aromatic rings. The highest BCUT2D eigenvalue weighted by Crippen LogP contribution is 2.30. The summed E-state index contributed by atoms with van der Waals surface area (Å²) >= 11 is 0. The van der Waals surface area contributed by atoms with Gasteiger partial charge in [0.2, 0.25) is 0 Å². The van der Waals surface area contributed by atoms with E-state index >= 15 is 0 Å². The zero-order chi connectivity index (χ0) is 20.1. The SMILES string of the molecule is Cc1ccc([N+](=O)[O-])cc1NC(=O)COC(=O)Cc1ccc2c(c1)OCCO2. The number of benzene rings is 2. The maximum atomic E-state index is 12.0. The van der Waals surface area contributed by atoms with Crippen molar-refractivity contribution in [2.75, 3.05) is 25.1 Å². The lowest BCUT2D eigenvalue weighted by Crippen LogP contribution is -2.22. The van der Waals surface area contributed by atoms with Crippen molar-refractivity contribution in [2.45, 2.75) is 13.3 Å². The molecule has 9 heteroatoms. The smallest absolute Gasteiger partial charge is 0.310 e. The van der Waals surface area contributed by atoms with Crippen LogP contribution >= 0.6 is 0 Å². The first kappa shape index (κ1) is 19.2. The number of ether oxygens (including phenoxy) is 3. The Morgan fingerprint density at radius 1 is 1.14 bits per heavy atom. The third kappa shape index (κ3) is 4.76. The minimum atomic E-state index is -0.584. The van der Waals surface area contributed by atoms with E-state index in [1.54, 1.807) is 25.1 Å². The van der Waals surface area contributed by atoms with E-state index in [4.69, 9.17) is 14.2 Å². The maximum Gasteiger partial charge on any atom is 0.310 e. The Hall–Kier alpha value is -3.62. The first-order chi connectivity index (χ1) is 13.4. The molecule has 0 saturated heterocycles. The maximum absolute atomic E-state index is 12.0. The number of anilines is 1. The standard InChI is InChI=1S/C19H18N2O7/c1-12-2-4-14(21(24)25)10-15(12)20-18(22)11-28-19(23)9-13-3-5-16-17(8-13)27-7-6-26-16/h2-5,8,10H,6-7,9,11H2,1H3,(H,20,22). The van der Waals surface area contributed by atoms with E-state index in [2.05, 4.69) is 5.32 Å². The molecular weight excluding hydrogens is 368 g/mol. The molecule has 0 aliphatic carbocycles. The third-order valence-electron chi connectivity index (χ3n) is 4.03. The molecule has 1 amide bonds. The van der Waals surface area contributed by atoms with Gasteiger partial charge in [-0.2, -0.15) is 0 Å². The Kier molecular flexibility index (Phi) is 5.73. The first-order valence-corrected chi connectivity index (χ1v) is 8.51. The van der Waals surface area contributed by atoms with Gasteiger partial charge < -0.3 is 19.5 Å². The predicted molar refractivity (Wildman–Crippen MR) is 98.6 cm³/mol. The van der Waals surface area contributed by atoms with Crippen LogP contribution in [0.5, 0.6) is 11.5 Å². The molecule has 146 valence electrons. The molecule has 2 aromatic carbocycles. The van der Waals surface area contributed by atoms with Gasteiger partial charge in [0.05, 0.1) is 17.0 Å². The normalized spacial score (nSPS) is 12.2. The minimum Gasteiger partial charge on any atom is -0.486 e. The highest BCUT2D eigenvalue weighted by molar-refractivity contribution is 5.93. The summed E-state index contributed by atoms with van der Waals surface area (Å²) in [7, 11) is 0. The largest absolute Gasteiger partial charge is 0.486 e. The van der Waals surface area contributed by atoms with Gasteiger partial charge in [0.15, 0.2) is 18.1 Å². The van der Waals surface area contributed by atoms with Crippen LogP contribution in [0.15, 0.2) is 36.4 Å². The number of carbonyl (C=O) groups excluding carboxylic acids is 2. The highest BCUT2D eigenvalue weighted by Gasteiger charge is 2.15. The zero-order valence-corrected chi connectivity index (χ0v) is 15.1. The molecule has 0 unspecified atom stereocenters. The number of esters is 1. The fourth-order valence-corrected chi connectivity index (χ4v) is 2.61. The van der Waals surface area contributed by atoms with E-state index < -0.39 is 23.4 Å². The number of amides is 1. The van der Waals surface area contributed by atoms with E-state index in [0.29, 0.717) is 41.5 Å². The van der Waals surface area contributed by atoms with Gasteiger partial charge in [-0.15, -0.1) is 0 Å². The lowest BCUT2D eigenvalue weighted by Gasteiger charge is -2.18. The van der Waals surface area contributed by atoms with Gasteiger partial charge >= 0.3 is 5.97 Å². The second-order valence-electron chi connectivity index (χ2n) is 6.12. The van der Waals surface area contributed by atoms with Crippen molar-refractivity contribution in [2.24, 2.45) is 0 Å². The predicted octanol–water partition coefficient (Wildman–Crippen LogP) is 2.40. The average molecular weight is 386 g/mol. The zero-order valence-electron chi connectivity index (χ0n) is 15.1. The van der Waals surface area contributed by atoms with Crippen molar-refractivity contribution in [1.29, 1.82) is 0 Å². The number of nitro groups is 1. The van der Waals surface area contributed by atoms with Crippen molar-refractivity contribution in [3.05, 3.63) is 57.6 Å². The van der Waals surface area contributed by atoms with Crippen LogP contribution in [-0.2, 0) is 20.7 Å². The van der Waals surface area contributed by atoms with Gasteiger partial charge in [0.25, 0.3) is 11.6 Å². The quantitative estimate of drug-likeness (QED) is 0.460. The highest BCUT2D eigenvalue weighted by atomic mass is 16.6. The lowest BCUT2D eigenvalue weighted by molar-refractivity contribution is -0.384. The summed E-state index contributed by atoms with van der Waals surface area (Å²) in [4.78, 5) is 34.3. The molecule has 0 atom stereocenters. The van der Waals surface area contributed by atoms with Gasteiger partial charge in [0.1, 0.15) is 13.2 Å². The number of non-ortho nitro benzene ring substituents is 1. The Morgan fingerprint density at radius 3 is 2.64 bits per heavy atom. The topological polar surface area (TPSA) is 117 Å². The van der Waals surface area contributed by atoms with E-state index in [-0.39, 0.29) is 12.1 Å². The lowest BCUT2D eigenvalue weighted by atomic mass is 10.1. The molecule has 28 heavy (non-hydrogen) atoms. The van der Waals surface area contributed by atoms with Crippen molar-refractivity contribution < 1.29 is 28.7 Å². The number of hydrogen-bond donors (Lipinski definition) is 1. The Balaban J connectivity index is 1.52. The number of carbonyl (C=O) groups is 2. The summed E-state index contributed by atoms with van der Waals surface area (Å²) < 4.78 is 15.9.